The molecule has 2 nitrogen and oxygen atoms in total. The summed E-state index contributed by atoms with van der Waals surface area (Å²) in [5.41, 5.74) is 2.38. The lowest BCUT2D eigenvalue weighted by Crippen LogP contribution is -1.99. The van der Waals surface area contributed by atoms with Crippen molar-refractivity contribution in [3.05, 3.63) is 42.0 Å². The first-order valence-corrected chi connectivity index (χ1v) is 4.40. The van der Waals surface area contributed by atoms with Crippen LogP contribution in [0.25, 0.3) is 0 Å². The fraction of sp³-hybridized carbons (Fsp3) is 0.273. The van der Waals surface area contributed by atoms with Gasteiger partial charge in [-0.15, -0.1) is 0 Å². The first-order chi connectivity index (χ1) is 6.34. The minimum Gasteiger partial charge on any atom is -0.392 e. The van der Waals surface area contributed by atoms with E-state index in [-0.39, 0.29) is 6.61 Å². The smallest absolute Gasteiger partial charge is 0.0613 e. The number of para-hydroxylation sites is 1. The molecule has 0 spiro atoms. The maximum atomic E-state index is 8.50. The van der Waals surface area contributed by atoms with Crippen LogP contribution < -0.4 is 5.32 Å². The number of hydrogen-bond donors (Lipinski definition) is 2. The fourth-order valence-electron chi connectivity index (χ4n) is 1.10. The topological polar surface area (TPSA) is 32.3 Å². The molecule has 0 amide bonds. The van der Waals surface area contributed by atoms with Gasteiger partial charge in [-0.3, -0.25) is 0 Å². The van der Waals surface area contributed by atoms with Gasteiger partial charge in [0.1, 0.15) is 0 Å². The summed E-state index contributed by atoms with van der Waals surface area (Å²) in [5, 5.41) is 11.8. The normalized spacial score (nSPS) is 10.6. The summed E-state index contributed by atoms with van der Waals surface area (Å²) in [6, 6.07) is 8.13. The number of hydrogen-bond acceptors (Lipinski definition) is 2. The van der Waals surface area contributed by atoms with E-state index < -0.39 is 0 Å². The zero-order valence-electron chi connectivity index (χ0n) is 7.83. The molecule has 0 radical (unpaired) electrons. The maximum absolute atomic E-state index is 8.50. The Bertz CT molecular complexity index is 281. The van der Waals surface area contributed by atoms with Gasteiger partial charge in [0.05, 0.1) is 6.61 Å². The number of aryl methyl sites for hydroxylation is 1. The Kier molecular flexibility index (Phi) is 4.06. The summed E-state index contributed by atoms with van der Waals surface area (Å²) >= 11 is 0. The van der Waals surface area contributed by atoms with Crippen LogP contribution in [-0.2, 0) is 0 Å². The van der Waals surface area contributed by atoms with Crippen molar-refractivity contribution < 1.29 is 5.11 Å². The first kappa shape index (κ1) is 9.81. The molecule has 0 bridgehead atoms. The molecule has 1 aromatic carbocycles. The molecule has 2 heteroatoms. The van der Waals surface area contributed by atoms with Gasteiger partial charge in [-0.25, -0.2) is 0 Å². The number of aliphatic hydroxyl groups excluding tert-OH is 1. The van der Waals surface area contributed by atoms with Crippen LogP contribution in [0.1, 0.15) is 5.56 Å². The molecular weight excluding hydrogens is 162 g/mol. The number of aliphatic hydroxyl groups is 1. The second-order valence-corrected chi connectivity index (χ2v) is 2.85. The van der Waals surface area contributed by atoms with Gasteiger partial charge in [0.2, 0.25) is 0 Å². The second kappa shape index (κ2) is 5.38. The minimum absolute atomic E-state index is 0.107. The van der Waals surface area contributed by atoms with Crippen LogP contribution in [0.3, 0.4) is 0 Å². The maximum Gasteiger partial charge on any atom is 0.0613 e. The molecule has 0 aliphatic rings. The van der Waals surface area contributed by atoms with Gasteiger partial charge in [-0.2, -0.15) is 0 Å². The summed E-state index contributed by atoms with van der Waals surface area (Å²) in [6.07, 6.45) is 3.64. The highest BCUT2D eigenvalue weighted by Gasteiger charge is 1.91. The highest BCUT2D eigenvalue weighted by Crippen LogP contribution is 2.12. The van der Waals surface area contributed by atoms with E-state index >= 15 is 0 Å². The molecule has 1 aromatic rings. The Labute approximate surface area is 78.9 Å². The quantitative estimate of drug-likeness (QED) is 0.689. The van der Waals surface area contributed by atoms with Crippen molar-refractivity contribution in [2.45, 2.75) is 6.92 Å². The van der Waals surface area contributed by atoms with Crippen molar-refractivity contribution in [3.8, 4) is 0 Å². The van der Waals surface area contributed by atoms with Crippen molar-refractivity contribution in [1.82, 2.24) is 0 Å². The second-order valence-electron chi connectivity index (χ2n) is 2.85. The van der Waals surface area contributed by atoms with Crippen LogP contribution >= 0.6 is 0 Å². The van der Waals surface area contributed by atoms with E-state index in [0.717, 1.165) is 12.2 Å². The van der Waals surface area contributed by atoms with Gasteiger partial charge in [-0.05, 0) is 18.6 Å². The molecule has 70 valence electrons. The summed E-state index contributed by atoms with van der Waals surface area (Å²) < 4.78 is 0. The largest absolute Gasteiger partial charge is 0.392 e. The van der Waals surface area contributed by atoms with Crippen LogP contribution in [0.2, 0.25) is 0 Å². The van der Waals surface area contributed by atoms with Crippen LogP contribution in [0.4, 0.5) is 5.69 Å². The third-order valence-corrected chi connectivity index (χ3v) is 1.83. The molecule has 0 heterocycles. The third-order valence-electron chi connectivity index (χ3n) is 1.83. The molecule has 13 heavy (non-hydrogen) atoms. The van der Waals surface area contributed by atoms with E-state index in [0.29, 0.717) is 0 Å². The molecule has 0 aliphatic heterocycles. The average Bonchev–Trinajstić information content (AvgIpc) is 2.15. The fourth-order valence-corrected chi connectivity index (χ4v) is 1.10. The number of rotatable bonds is 4. The van der Waals surface area contributed by atoms with Crippen LogP contribution in [0, 0.1) is 6.92 Å². The minimum atomic E-state index is 0.107. The molecule has 1 rings (SSSR count). The molecule has 2 N–H and O–H groups in total. The van der Waals surface area contributed by atoms with Crippen molar-refractivity contribution in [1.29, 1.82) is 0 Å². The summed E-state index contributed by atoms with van der Waals surface area (Å²) in [4.78, 5) is 0. The van der Waals surface area contributed by atoms with E-state index in [9.17, 15) is 0 Å². The first-order valence-electron chi connectivity index (χ1n) is 4.40. The number of nitrogens with one attached hydrogen (secondary N) is 1. The van der Waals surface area contributed by atoms with E-state index in [1.54, 1.807) is 6.08 Å². The molecule has 0 unspecified atom stereocenters. The highest BCUT2D eigenvalue weighted by atomic mass is 16.2. The summed E-state index contributed by atoms with van der Waals surface area (Å²) in [5.74, 6) is 0. The zero-order valence-corrected chi connectivity index (χ0v) is 7.83. The lowest BCUT2D eigenvalue weighted by Gasteiger charge is -2.05. The lowest BCUT2D eigenvalue weighted by atomic mass is 10.2. The molecule has 0 fully saturated rings. The molecule has 0 saturated carbocycles. The summed E-state index contributed by atoms with van der Waals surface area (Å²) in [6.45, 7) is 2.93. The van der Waals surface area contributed by atoms with Gasteiger partial charge in [0.15, 0.2) is 0 Å². The Morgan fingerprint density at radius 1 is 1.31 bits per heavy atom. The lowest BCUT2D eigenvalue weighted by molar-refractivity contribution is 0.342. The van der Waals surface area contributed by atoms with Crippen molar-refractivity contribution in [2.24, 2.45) is 0 Å². The monoisotopic (exact) mass is 177 g/mol. The number of benzene rings is 1. The third kappa shape index (κ3) is 3.30. The molecule has 0 aliphatic carbocycles. The average molecular weight is 177 g/mol. The van der Waals surface area contributed by atoms with Gasteiger partial charge < -0.3 is 10.4 Å². The summed E-state index contributed by atoms with van der Waals surface area (Å²) in [7, 11) is 0. The van der Waals surface area contributed by atoms with Crippen molar-refractivity contribution >= 4 is 5.69 Å². The SMILES string of the molecule is Cc1ccccc1NC/C=C/CO. The van der Waals surface area contributed by atoms with Crippen LogP contribution in [0.5, 0.6) is 0 Å². The Morgan fingerprint density at radius 2 is 2.08 bits per heavy atom. The van der Waals surface area contributed by atoms with Crippen LogP contribution in [-0.4, -0.2) is 18.3 Å². The standard InChI is InChI=1S/C11H15NO/c1-10-6-2-3-7-11(10)12-8-4-5-9-13/h2-7,12-13H,8-9H2,1H3/b5-4+. The predicted molar refractivity (Wildman–Crippen MR) is 55.9 cm³/mol. The predicted octanol–water partition coefficient (Wildman–Crippen LogP) is 1.96. The van der Waals surface area contributed by atoms with E-state index in [4.69, 9.17) is 5.11 Å². The molecule has 0 aromatic heterocycles. The van der Waals surface area contributed by atoms with Crippen molar-refractivity contribution in [2.75, 3.05) is 18.5 Å². The number of anilines is 1. The van der Waals surface area contributed by atoms with Crippen LogP contribution in [0.15, 0.2) is 36.4 Å². The Hall–Kier alpha value is -1.28. The molecule has 0 saturated heterocycles. The van der Waals surface area contributed by atoms with E-state index in [1.807, 2.05) is 24.3 Å². The Morgan fingerprint density at radius 3 is 2.77 bits per heavy atom. The van der Waals surface area contributed by atoms with E-state index in [2.05, 4.69) is 18.3 Å². The highest BCUT2D eigenvalue weighted by molar-refractivity contribution is 5.50. The van der Waals surface area contributed by atoms with Gasteiger partial charge >= 0.3 is 0 Å². The molecule has 0 atom stereocenters. The molecular formula is C11H15NO. The van der Waals surface area contributed by atoms with Gasteiger partial charge in [0.25, 0.3) is 0 Å². The van der Waals surface area contributed by atoms with Crippen molar-refractivity contribution in [3.63, 3.8) is 0 Å². The van der Waals surface area contributed by atoms with Gasteiger partial charge in [0, 0.05) is 12.2 Å². The van der Waals surface area contributed by atoms with Gasteiger partial charge in [-0.1, -0.05) is 30.4 Å². The zero-order chi connectivity index (χ0) is 9.52. The van der Waals surface area contributed by atoms with E-state index in [1.165, 1.54) is 5.56 Å². The Balaban J connectivity index is 2.45.